The largest absolute Gasteiger partial charge is 0.360 e. The molecule has 1 nitrogen and oxygen atoms in total. The molecule has 1 aliphatic heterocycles. The molecule has 1 heterocycles. The number of ether oxygens (including phenoxy) is 1. The van der Waals surface area contributed by atoms with E-state index >= 15 is 0 Å². The molecule has 0 aliphatic carbocycles. The van der Waals surface area contributed by atoms with Crippen LogP contribution in [0.1, 0.15) is 26.3 Å². The Morgan fingerprint density at radius 1 is 1.13 bits per heavy atom. The van der Waals surface area contributed by atoms with Crippen LogP contribution in [-0.4, -0.2) is 12.4 Å². The van der Waals surface area contributed by atoms with Gasteiger partial charge in [-0.05, 0) is 17.9 Å². The van der Waals surface area contributed by atoms with Gasteiger partial charge in [-0.1, -0.05) is 44.2 Å². The molecular weight excluding hydrogens is 204 g/mol. The molecule has 2 heteroatoms. The van der Waals surface area contributed by atoms with Gasteiger partial charge in [0.2, 0.25) is 0 Å². The fourth-order valence-electron chi connectivity index (χ4n) is 1.66. The van der Waals surface area contributed by atoms with Crippen LogP contribution < -0.4 is 0 Å². The lowest BCUT2D eigenvalue weighted by atomic mass is 9.97. The number of hydrogen-bond acceptors (Lipinski definition) is 2. The van der Waals surface area contributed by atoms with Gasteiger partial charge in [-0.3, -0.25) is 0 Å². The van der Waals surface area contributed by atoms with Crippen molar-refractivity contribution in [3.63, 3.8) is 0 Å². The van der Waals surface area contributed by atoms with Crippen LogP contribution in [0.15, 0.2) is 30.3 Å². The van der Waals surface area contributed by atoms with Crippen LogP contribution in [0.5, 0.6) is 0 Å². The van der Waals surface area contributed by atoms with E-state index in [1.54, 1.807) is 0 Å². The van der Waals surface area contributed by atoms with Crippen LogP contribution in [0.25, 0.3) is 0 Å². The molecule has 0 radical (unpaired) electrons. The molecule has 0 amide bonds. The summed E-state index contributed by atoms with van der Waals surface area (Å²) in [7, 11) is 0. The molecule has 82 valence electrons. The van der Waals surface area contributed by atoms with Crippen molar-refractivity contribution in [2.75, 3.05) is 12.4 Å². The monoisotopic (exact) mass is 222 g/mol. The zero-order chi connectivity index (χ0) is 10.9. The van der Waals surface area contributed by atoms with E-state index in [-0.39, 0.29) is 4.93 Å². The van der Waals surface area contributed by atoms with E-state index < -0.39 is 0 Å². The van der Waals surface area contributed by atoms with Gasteiger partial charge in [0.1, 0.15) is 4.93 Å². The van der Waals surface area contributed by atoms with Crippen molar-refractivity contribution < 1.29 is 4.74 Å². The van der Waals surface area contributed by atoms with Gasteiger partial charge in [-0.2, -0.15) is 0 Å². The van der Waals surface area contributed by atoms with Crippen LogP contribution in [0.4, 0.5) is 0 Å². The van der Waals surface area contributed by atoms with Gasteiger partial charge in [0.25, 0.3) is 0 Å². The van der Waals surface area contributed by atoms with Gasteiger partial charge in [-0.15, -0.1) is 11.8 Å². The van der Waals surface area contributed by atoms with Gasteiger partial charge < -0.3 is 4.74 Å². The fraction of sp³-hybridized carbons (Fsp3) is 0.538. The zero-order valence-corrected chi connectivity index (χ0v) is 10.4. The minimum atomic E-state index is -0.156. The molecule has 15 heavy (non-hydrogen) atoms. The summed E-state index contributed by atoms with van der Waals surface area (Å²) < 4.78 is 6.03. The number of benzene rings is 1. The molecule has 1 aromatic rings. The number of thioether (sulfide) groups is 1. The maximum Gasteiger partial charge on any atom is 0.136 e. The molecule has 1 unspecified atom stereocenters. The summed E-state index contributed by atoms with van der Waals surface area (Å²) in [6.45, 7) is 7.52. The lowest BCUT2D eigenvalue weighted by Gasteiger charge is -2.41. The zero-order valence-electron chi connectivity index (χ0n) is 9.62. The van der Waals surface area contributed by atoms with E-state index in [0.717, 1.165) is 12.4 Å². The molecule has 0 bridgehead atoms. The standard InChI is InChI=1S/C13H18OS/c1-12(2)9-14-13(3,15-10-12)11-7-5-4-6-8-11/h4-8H,9-10H2,1-3H3. The molecule has 1 atom stereocenters. The Labute approximate surface area is 96.2 Å². The van der Waals surface area contributed by atoms with E-state index in [0.29, 0.717) is 5.41 Å². The number of rotatable bonds is 1. The first-order valence-electron chi connectivity index (χ1n) is 5.35. The third-order valence-electron chi connectivity index (χ3n) is 2.77. The molecular formula is C13H18OS. The highest BCUT2D eigenvalue weighted by Crippen LogP contribution is 2.45. The molecule has 1 fully saturated rings. The molecule has 1 saturated heterocycles. The van der Waals surface area contributed by atoms with Crippen molar-refractivity contribution in [1.29, 1.82) is 0 Å². The Morgan fingerprint density at radius 2 is 1.80 bits per heavy atom. The second kappa shape index (κ2) is 3.84. The summed E-state index contributed by atoms with van der Waals surface area (Å²) in [6.07, 6.45) is 0. The first-order valence-corrected chi connectivity index (χ1v) is 6.34. The molecule has 0 saturated carbocycles. The van der Waals surface area contributed by atoms with Crippen LogP contribution >= 0.6 is 11.8 Å². The van der Waals surface area contributed by atoms with Gasteiger partial charge in [0, 0.05) is 5.75 Å². The van der Waals surface area contributed by atoms with Gasteiger partial charge in [0.05, 0.1) is 6.61 Å². The van der Waals surface area contributed by atoms with Crippen molar-refractivity contribution in [1.82, 2.24) is 0 Å². The second-order valence-electron chi connectivity index (χ2n) is 5.05. The van der Waals surface area contributed by atoms with Crippen molar-refractivity contribution in [2.45, 2.75) is 25.7 Å². The first-order chi connectivity index (χ1) is 7.02. The predicted molar refractivity (Wildman–Crippen MR) is 66.0 cm³/mol. The van der Waals surface area contributed by atoms with Gasteiger partial charge in [0.15, 0.2) is 0 Å². The van der Waals surface area contributed by atoms with Crippen LogP contribution in [0.3, 0.4) is 0 Å². The predicted octanol–water partition coefficient (Wildman–Crippen LogP) is 3.65. The fourth-order valence-corrected chi connectivity index (χ4v) is 2.85. The van der Waals surface area contributed by atoms with Crippen molar-refractivity contribution in [2.24, 2.45) is 5.41 Å². The average molecular weight is 222 g/mol. The summed E-state index contributed by atoms with van der Waals surface area (Å²) in [5.74, 6) is 1.15. The SMILES string of the molecule is CC1(C)COC(C)(c2ccccc2)SC1. The smallest absolute Gasteiger partial charge is 0.136 e. The minimum Gasteiger partial charge on any atom is -0.360 e. The topological polar surface area (TPSA) is 9.23 Å². The summed E-state index contributed by atoms with van der Waals surface area (Å²) in [6, 6.07) is 10.5. The second-order valence-corrected chi connectivity index (χ2v) is 6.41. The number of hydrogen-bond donors (Lipinski definition) is 0. The minimum absolute atomic E-state index is 0.156. The third-order valence-corrected chi connectivity index (χ3v) is 4.61. The Hall–Kier alpha value is -0.470. The first kappa shape index (κ1) is 11.0. The van der Waals surface area contributed by atoms with Gasteiger partial charge >= 0.3 is 0 Å². The summed E-state index contributed by atoms with van der Waals surface area (Å²) in [5, 5.41) is 0. The highest BCUT2D eigenvalue weighted by atomic mass is 32.2. The van der Waals surface area contributed by atoms with Crippen LogP contribution in [-0.2, 0) is 9.67 Å². The Balaban J connectivity index is 2.17. The molecule has 0 N–H and O–H groups in total. The van der Waals surface area contributed by atoms with Crippen LogP contribution in [0, 0.1) is 5.41 Å². The third kappa shape index (κ3) is 2.37. The lowest BCUT2D eigenvalue weighted by Crippen LogP contribution is -2.37. The molecule has 1 aliphatic rings. The van der Waals surface area contributed by atoms with Gasteiger partial charge in [-0.25, -0.2) is 0 Å². The average Bonchev–Trinajstić information content (AvgIpc) is 2.24. The Morgan fingerprint density at radius 3 is 2.33 bits per heavy atom. The molecule has 2 rings (SSSR count). The normalized spacial score (nSPS) is 30.1. The van der Waals surface area contributed by atoms with E-state index in [4.69, 9.17) is 4.74 Å². The quantitative estimate of drug-likeness (QED) is 0.717. The van der Waals surface area contributed by atoms with E-state index in [1.165, 1.54) is 5.56 Å². The maximum absolute atomic E-state index is 6.03. The summed E-state index contributed by atoms with van der Waals surface area (Å²) in [5.41, 5.74) is 1.57. The molecule has 1 aromatic carbocycles. The lowest BCUT2D eigenvalue weighted by molar-refractivity contribution is -0.0166. The molecule has 0 spiro atoms. The van der Waals surface area contributed by atoms with E-state index in [1.807, 2.05) is 17.8 Å². The van der Waals surface area contributed by atoms with E-state index in [2.05, 4.69) is 45.0 Å². The summed E-state index contributed by atoms with van der Waals surface area (Å²) >= 11 is 1.90. The van der Waals surface area contributed by atoms with Crippen LogP contribution in [0.2, 0.25) is 0 Å². The maximum atomic E-state index is 6.03. The van der Waals surface area contributed by atoms with Crippen molar-refractivity contribution in [3.8, 4) is 0 Å². The summed E-state index contributed by atoms with van der Waals surface area (Å²) in [4.78, 5) is -0.156. The molecule has 0 aromatic heterocycles. The Bertz CT molecular complexity index is 322. The van der Waals surface area contributed by atoms with E-state index in [9.17, 15) is 0 Å². The highest BCUT2D eigenvalue weighted by molar-refractivity contribution is 8.00. The Kier molecular flexibility index (Phi) is 2.82. The van der Waals surface area contributed by atoms with Crippen molar-refractivity contribution >= 4 is 11.8 Å². The van der Waals surface area contributed by atoms with Crippen molar-refractivity contribution in [3.05, 3.63) is 35.9 Å². The highest BCUT2D eigenvalue weighted by Gasteiger charge is 2.37.